The zero-order chi connectivity index (χ0) is 14.5. The first-order chi connectivity index (χ1) is 9.56. The summed E-state index contributed by atoms with van der Waals surface area (Å²) in [5.74, 6) is -1.48. The average Bonchev–Trinajstić information content (AvgIpc) is 2.46. The maximum Gasteiger partial charge on any atom is 0.354 e. The molecule has 0 saturated carbocycles. The van der Waals surface area contributed by atoms with E-state index in [-0.39, 0.29) is 23.7 Å². The first kappa shape index (κ1) is 13.6. The van der Waals surface area contributed by atoms with Crippen molar-refractivity contribution in [2.45, 2.75) is 13.5 Å². The molecule has 2 aromatic heterocycles. The van der Waals surface area contributed by atoms with Gasteiger partial charge in [0.25, 0.3) is 5.91 Å². The predicted molar refractivity (Wildman–Crippen MR) is 69.1 cm³/mol. The Morgan fingerprint density at radius 1 is 1.15 bits per heavy atom. The van der Waals surface area contributed by atoms with Crippen LogP contribution in [0.15, 0.2) is 30.7 Å². The molecule has 0 aliphatic carbocycles. The van der Waals surface area contributed by atoms with Crippen LogP contribution in [0, 0.1) is 6.92 Å². The lowest BCUT2D eigenvalue weighted by molar-refractivity contribution is 0.0689. The van der Waals surface area contributed by atoms with Gasteiger partial charge in [-0.3, -0.25) is 14.8 Å². The quantitative estimate of drug-likeness (QED) is 0.853. The Morgan fingerprint density at radius 3 is 2.50 bits per heavy atom. The summed E-state index contributed by atoms with van der Waals surface area (Å²) in [6, 6.07) is 2.69. The first-order valence-electron chi connectivity index (χ1n) is 5.81. The van der Waals surface area contributed by atoms with E-state index in [4.69, 9.17) is 5.11 Å². The second-order valence-corrected chi connectivity index (χ2v) is 4.07. The molecule has 7 heteroatoms. The lowest BCUT2D eigenvalue weighted by Gasteiger charge is -2.04. The minimum atomic E-state index is -1.13. The molecule has 20 heavy (non-hydrogen) atoms. The number of nitrogens with zero attached hydrogens (tertiary/aromatic N) is 3. The molecule has 0 bridgehead atoms. The Balaban J connectivity index is 1.97. The number of aryl methyl sites for hydroxylation is 1. The van der Waals surface area contributed by atoms with Crippen LogP contribution in [0.5, 0.6) is 0 Å². The number of carbonyl (C=O) groups excluding carboxylic acids is 1. The highest BCUT2D eigenvalue weighted by Gasteiger charge is 2.09. The van der Waals surface area contributed by atoms with Crippen LogP contribution in [0.2, 0.25) is 0 Å². The molecule has 2 N–H and O–H groups in total. The van der Waals surface area contributed by atoms with Crippen molar-refractivity contribution in [3.63, 3.8) is 0 Å². The number of hydrogen-bond donors (Lipinski definition) is 2. The number of amides is 1. The van der Waals surface area contributed by atoms with E-state index in [1.54, 1.807) is 12.4 Å². The molecule has 2 heterocycles. The number of hydrogen-bond acceptors (Lipinski definition) is 5. The van der Waals surface area contributed by atoms with Crippen LogP contribution in [0.3, 0.4) is 0 Å². The zero-order valence-electron chi connectivity index (χ0n) is 10.7. The van der Waals surface area contributed by atoms with Gasteiger partial charge in [0.15, 0.2) is 0 Å². The molecule has 2 rings (SSSR count). The van der Waals surface area contributed by atoms with Crippen molar-refractivity contribution in [3.05, 3.63) is 53.4 Å². The number of pyridine rings is 1. The third-order valence-electron chi connectivity index (χ3n) is 2.51. The van der Waals surface area contributed by atoms with Crippen LogP contribution < -0.4 is 5.32 Å². The van der Waals surface area contributed by atoms with E-state index < -0.39 is 5.97 Å². The molecule has 0 spiro atoms. The molecule has 0 aromatic carbocycles. The summed E-state index contributed by atoms with van der Waals surface area (Å²) in [4.78, 5) is 34.3. The van der Waals surface area contributed by atoms with E-state index >= 15 is 0 Å². The van der Waals surface area contributed by atoms with Gasteiger partial charge in [-0.15, -0.1) is 0 Å². The fraction of sp³-hybridized carbons (Fsp3) is 0.154. The van der Waals surface area contributed by atoms with Gasteiger partial charge in [0.2, 0.25) is 0 Å². The highest BCUT2D eigenvalue weighted by atomic mass is 16.4. The molecule has 0 fully saturated rings. The Labute approximate surface area is 114 Å². The lowest BCUT2D eigenvalue weighted by Crippen LogP contribution is -2.23. The van der Waals surface area contributed by atoms with E-state index in [9.17, 15) is 9.59 Å². The van der Waals surface area contributed by atoms with Gasteiger partial charge in [0.05, 0.1) is 29.7 Å². The number of carboxylic acids is 1. The molecule has 0 atom stereocenters. The van der Waals surface area contributed by atoms with Gasteiger partial charge >= 0.3 is 5.97 Å². The van der Waals surface area contributed by atoms with E-state index in [0.717, 1.165) is 5.69 Å². The van der Waals surface area contributed by atoms with E-state index in [0.29, 0.717) is 5.69 Å². The summed E-state index contributed by atoms with van der Waals surface area (Å²) in [6.07, 6.45) is 4.42. The summed E-state index contributed by atoms with van der Waals surface area (Å²) in [5, 5.41) is 11.4. The second-order valence-electron chi connectivity index (χ2n) is 4.07. The number of carboxylic acid groups (broad SMARTS) is 1. The van der Waals surface area contributed by atoms with Gasteiger partial charge < -0.3 is 10.4 Å². The number of aromatic nitrogens is 3. The van der Waals surface area contributed by atoms with Gasteiger partial charge in [-0.05, 0) is 19.1 Å². The van der Waals surface area contributed by atoms with Crippen molar-refractivity contribution < 1.29 is 14.7 Å². The van der Waals surface area contributed by atoms with Crippen LogP contribution >= 0.6 is 0 Å². The largest absolute Gasteiger partial charge is 0.477 e. The maximum atomic E-state index is 11.8. The molecule has 0 saturated heterocycles. The van der Waals surface area contributed by atoms with Gasteiger partial charge in [-0.2, -0.15) is 0 Å². The number of nitrogens with one attached hydrogen (secondary N) is 1. The van der Waals surface area contributed by atoms with E-state index in [1.807, 2.05) is 6.92 Å². The van der Waals surface area contributed by atoms with Crippen LogP contribution in [0.25, 0.3) is 0 Å². The Kier molecular flexibility index (Phi) is 3.99. The smallest absolute Gasteiger partial charge is 0.354 e. The lowest BCUT2D eigenvalue weighted by atomic mass is 10.2. The molecule has 1 amide bonds. The third-order valence-corrected chi connectivity index (χ3v) is 2.51. The molecular weight excluding hydrogens is 260 g/mol. The minimum absolute atomic E-state index is 0.106. The zero-order valence-corrected chi connectivity index (χ0v) is 10.7. The molecule has 7 nitrogen and oxygen atoms in total. The van der Waals surface area contributed by atoms with Crippen molar-refractivity contribution in [2.24, 2.45) is 0 Å². The number of carbonyl (C=O) groups is 2. The number of rotatable bonds is 4. The van der Waals surface area contributed by atoms with Crippen molar-refractivity contribution in [1.29, 1.82) is 0 Å². The van der Waals surface area contributed by atoms with Gasteiger partial charge in [-0.25, -0.2) is 9.78 Å². The summed E-state index contributed by atoms with van der Waals surface area (Å²) in [6.45, 7) is 2.07. The molecule has 102 valence electrons. The highest BCUT2D eigenvalue weighted by molar-refractivity contribution is 5.94. The average molecular weight is 272 g/mol. The van der Waals surface area contributed by atoms with Gasteiger partial charge in [0.1, 0.15) is 5.69 Å². The topological polar surface area (TPSA) is 105 Å². The van der Waals surface area contributed by atoms with Crippen molar-refractivity contribution >= 4 is 11.9 Å². The summed E-state index contributed by atoms with van der Waals surface area (Å²) in [5.41, 5.74) is 1.62. The Morgan fingerprint density at radius 2 is 1.95 bits per heavy atom. The van der Waals surface area contributed by atoms with Crippen molar-refractivity contribution in [3.8, 4) is 0 Å². The molecule has 0 radical (unpaired) electrons. The molecular formula is C13H12N4O3. The van der Waals surface area contributed by atoms with E-state index in [1.165, 1.54) is 18.3 Å². The SMILES string of the molecule is Cc1cnc(CNC(=O)c2ccc(C(=O)O)nc2)cn1. The third kappa shape index (κ3) is 3.35. The van der Waals surface area contributed by atoms with Crippen LogP contribution in [0.4, 0.5) is 0 Å². The van der Waals surface area contributed by atoms with Crippen LogP contribution in [-0.2, 0) is 6.54 Å². The van der Waals surface area contributed by atoms with Crippen molar-refractivity contribution in [2.75, 3.05) is 0 Å². The molecule has 0 unspecified atom stereocenters. The highest BCUT2D eigenvalue weighted by Crippen LogP contribution is 2.01. The normalized spacial score (nSPS) is 10.1. The van der Waals surface area contributed by atoms with Gasteiger partial charge in [-0.1, -0.05) is 0 Å². The first-order valence-corrected chi connectivity index (χ1v) is 5.81. The van der Waals surface area contributed by atoms with Crippen LogP contribution in [0.1, 0.15) is 32.2 Å². The van der Waals surface area contributed by atoms with E-state index in [2.05, 4.69) is 20.3 Å². The predicted octanol–water partition coefficient (Wildman–Crippen LogP) is 0.808. The number of aromatic carboxylic acids is 1. The standard InChI is InChI=1S/C13H12N4O3/c1-8-4-15-10(6-14-8)7-17-12(18)9-2-3-11(13(19)20)16-5-9/h2-6H,7H2,1H3,(H,17,18)(H,19,20). The molecule has 0 aliphatic heterocycles. The summed E-state index contributed by atoms with van der Waals surface area (Å²) < 4.78 is 0. The van der Waals surface area contributed by atoms with Gasteiger partial charge in [0, 0.05) is 12.4 Å². The maximum absolute atomic E-state index is 11.8. The molecule has 2 aromatic rings. The Bertz CT molecular complexity index is 623. The fourth-order valence-electron chi connectivity index (χ4n) is 1.44. The second kappa shape index (κ2) is 5.87. The Hall–Kier alpha value is -2.83. The van der Waals surface area contributed by atoms with Crippen LogP contribution in [-0.4, -0.2) is 31.9 Å². The summed E-state index contributed by atoms with van der Waals surface area (Å²) in [7, 11) is 0. The summed E-state index contributed by atoms with van der Waals surface area (Å²) >= 11 is 0. The minimum Gasteiger partial charge on any atom is -0.477 e. The van der Waals surface area contributed by atoms with Crippen molar-refractivity contribution in [1.82, 2.24) is 20.3 Å². The monoisotopic (exact) mass is 272 g/mol. The molecule has 0 aliphatic rings. The fourth-order valence-corrected chi connectivity index (χ4v) is 1.44.